The number of piperidine rings is 3. The molecule has 0 bridgehead atoms. The van der Waals surface area contributed by atoms with Crippen molar-refractivity contribution in [2.45, 2.75) is 101 Å². The largest absolute Gasteiger partial charge is 0.445 e. The molecule has 0 aliphatic carbocycles. The number of para-hydroxylation sites is 3. The molecule has 5 N–H and O–H groups in total. The summed E-state index contributed by atoms with van der Waals surface area (Å²) >= 11 is 37.4. The number of thioether (sulfide) groups is 2. The molecule has 120 heavy (non-hydrogen) atoms. The number of ether oxygens (including phenoxy) is 2. The molecule has 3 aliphatic rings. The molecule has 17 rings (SSSR count). The molecule has 3 fully saturated rings. The van der Waals surface area contributed by atoms with Crippen LogP contribution in [0.15, 0.2) is 198 Å². The van der Waals surface area contributed by atoms with Crippen molar-refractivity contribution in [3.05, 3.63) is 253 Å². The van der Waals surface area contributed by atoms with E-state index in [1.807, 2.05) is 210 Å². The van der Waals surface area contributed by atoms with E-state index in [1.165, 1.54) is 68.7 Å². The number of likely N-dealkylation sites (tertiary alicyclic amines) is 2. The number of nitrogens with one attached hydrogen (secondary N) is 5. The SMILES string of the molecule is Cc1ccc2nc(NC(=O)CCl)sc2c1.Cc1ccc2nc(NC(=O)CSc3nnc(C4CCN(C(=O)OCc5ccccc5)CC4)n3-c3ccccc3Cl)sc2c1.Cc1ccc2nc(NC(=O)CSc3nnc(C4CCNCC4)n3-c3ccccc3Cl)sc2c1.O=C(OCc1ccccc1)N1CCC(c2n[nH]c(=S)n2-c2ccccc2Cl)CC1. The Labute approximate surface area is 737 Å². The summed E-state index contributed by atoms with van der Waals surface area (Å²) in [5.74, 6) is 2.77. The summed E-state index contributed by atoms with van der Waals surface area (Å²) < 4.78 is 20.5. The first-order valence-electron chi connectivity index (χ1n) is 38.6. The lowest BCUT2D eigenvalue weighted by molar-refractivity contribution is -0.114. The van der Waals surface area contributed by atoms with Crippen molar-refractivity contribution in [3.8, 4) is 17.1 Å². The van der Waals surface area contributed by atoms with Gasteiger partial charge in [-0.25, -0.2) is 24.5 Å². The number of nitrogens with zero attached hydrogens (tertiary/aromatic N) is 13. The number of benzene rings is 8. The van der Waals surface area contributed by atoms with E-state index in [1.54, 1.807) is 9.80 Å². The fraction of sp³-hybridized carbons (Fsp3) is 0.271. The molecule has 14 aromatic rings. The minimum Gasteiger partial charge on any atom is -0.445 e. The number of alkyl halides is 1. The van der Waals surface area contributed by atoms with Gasteiger partial charge >= 0.3 is 12.2 Å². The number of rotatable bonds is 20. The fourth-order valence-corrected chi connectivity index (χ4v) is 19.2. The summed E-state index contributed by atoms with van der Waals surface area (Å²) in [5, 5.41) is 42.0. The molecule has 6 aromatic heterocycles. The van der Waals surface area contributed by atoms with Crippen LogP contribution in [0.4, 0.5) is 25.0 Å². The number of aromatic amines is 1. The van der Waals surface area contributed by atoms with Crippen molar-refractivity contribution in [1.82, 2.24) is 74.4 Å². The molecule has 8 aromatic carbocycles. The Bertz CT molecular complexity index is 5980. The lowest BCUT2D eigenvalue weighted by atomic mass is 9.96. The van der Waals surface area contributed by atoms with Crippen molar-refractivity contribution in [2.24, 2.45) is 0 Å². The maximum Gasteiger partial charge on any atom is 0.410 e. The zero-order valence-electron chi connectivity index (χ0n) is 65.3. The van der Waals surface area contributed by atoms with Crippen LogP contribution in [0.3, 0.4) is 0 Å². The highest BCUT2D eigenvalue weighted by atomic mass is 35.5. The normalized spacial score (nSPS) is 13.8. The van der Waals surface area contributed by atoms with Gasteiger partial charge in [0, 0.05) is 43.9 Å². The van der Waals surface area contributed by atoms with E-state index in [0.717, 1.165) is 121 Å². The second kappa shape index (κ2) is 41.4. The molecule has 5 amide bonds. The maximum atomic E-state index is 12.9. The van der Waals surface area contributed by atoms with Crippen molar-refractivity contribution in [2.75, 3.05) is 72.6 Å². The summed E-state index contributed by atoms with van der Waals surface area (Å²) in [7, 11) is 0. The van der Waals surface area contributed by atoms with E-state index in [2.05, 4.69) is 78.9 Å². The monoisotopic (exact) mass is 1800 g/mol. The van der Waals surface area contributed by atoms with Crippen molar-refractivity contribution in [1.29, 1.82) is 0 Å². The summed E-state index contributed by atoms with van der Waals surface area (Å²) in [6.07, 6.45) is 4.35. The van der Waals surface area contributed by atoms with Gasteiger partial charge in [0.2, 0.25) is 17.7 Å². The molecule has 25 nitrogen and oxygen atoms in total. The number of aromatic nitrogens is 12. The topological polar surface area (TPSA) is 292 Å². The molecular weight excluding hydrogens is 1720 g/mol. The highest BCUT2D eigenvalue weighted by Gasteiger charge is 2.33. The molecule has 35 heteroatoms. The van der Waals surface area contributed by atoms with Crippen LogP contribution in [0.2, 0.25) is 15.1 Å². The molecule has 0 unspecified atom stereocenters. The third-order valence-electron chi connectivity index (χ3n) is 19.8. The highest BCUT2D eigenvalue weighted by molar-refractivity contribution is 8.00. The van der Waals surface area contributed by atoms with Crippen LogP contribution < -0.4 is 21.3 Å². The van der Waals surface area contributed by atoms with Gasteiger partial charge in [0.05, 0.1) is 74.3 Å². The summed E-state index contributed by atoms with van der Waals surface area (Å²) in [6.45, 7) is 10.8. The molecule has 9 heterocycles. The zero-order valence-corrected chi connectivity index (χ0v) is 73.2. The average Bonchev–Trinajstić information content (AvgIpc) is 1.66. The van der Waals surface area contributed by atoms with Crippen LogP contribution in [0, 0.1) is 25.5 Å². The van der Waals surface area contributed by atoms with Crippen molar-refractivity contribution < 1.29 is 33.4 Å². The van der Waals surface area contributed by atoms with Gasteiger partial charge in [-0.2, -0.15) is 5.10 Å². The van der Waals surface area contributed by atoms with Crippen LogP contribution in [0.5, 0.6) is 0 Å². The van der Waals surface area contributed by atoms with E-state index in [-0.39, 0.29) is 72.3 Å². The van der Waals surface area contributed by atoms with Gasteiger partial charge < -0.3 is 40.5 Å². The second-order valence-electron chi connectivity index (χ2n) is 28.4. The number of halogens is 4. The van der Waals surface area contributed by atoms with Crippen LogP contribution in [-0.2, 0) is 37.1 Å². The van der Waals surface area contributed by atoms with Crippen LogP contribution in [-0.4, -0.2) is 156 Å². The molecule has 0 saturated carbocycles. The third-order valence-corrected chi connectivity index (χ3v) is 25.9. The summed E-state index contributed by atoms with van der Waals surface area (Å²) in [6, 6.07) is 60.1. The first-order valence-corrected chi connectivity index (χ1v) is 45.1. The molecule has 0 radical (unpaired) electrons. The number of anilines is 3. The van der Waals surface area contributed by atoms with Crippen LogP contribution >= 0.6 is 116 Å². The number of hydrogen-bond acceptors (Lipinski definition) is 22. The van der Waals surface area contributed by atoms with Crippen LogP contribution in [0.25, 0.3) is 47.7 Å². The summed E-state index contributed by atoms with van der Waals surface area (Å²) in [4.78, 5) is 78.5. The summed E-state index contributed by atoms with van der Waals surface area (Å²) in [5.41, 5.74) is 10.5. The number of carbonyl (C=O) groups is 5. The number of aryl methyl sites for hydroxylation is 3. The lowest BCUT2D eigenvalue weighted by Crippen LogP contribution is -2.38. The molecule has 0 spiro atoms. The first kappa shape index (κ1) is 86.2. The van der Waals surface area contributed by atoms with E-state index in [4.69, 9.17) is 68.1 Å². The molecule has 3 aliphatic heterocycles. The predicted octanol–water partition coefficient (Wildman–Crippen LogP) is 20.0. The van der Waals surface area contributed by atoms with Gasteiger partial charge in [-0.3, -0.25) is 33.2 Å². The maximum absolute atomic E-state index is 12.9. The van der Waals surface area contributed by atoms with Gasteiger partial charge in [0.1, 0.15) is 36.6 Å². The first-order chi connectivity index (χ1) is 58.3. The Hall–Kier alpha value is -10.2. The Morgan fingerprint density at radius 3 is 1.21 bits per heavy atom. The Morgan fingerprint density at radius 1 is 0.458 bits per heavy atom. The zero-order chi connectivity index (χ0) is 83.6. The van der Waals surface area contributed by atoms with Crippen LogP contribution in [0.1, 0.15) is 102 Å². The molecule has 618 valence electrons. The number of H-pyrrole nitrogens is 1. The Balaban J connectivity index is 0.000000138. The van der Waals surface area contributed by atoms with E-state index in [9.17, 15) is 24.0 Å². The highest BCUT2D eigenvalue weighted by Crippen LogP contribution is 2.39. The molecule has 3 saturated heterocycles. The minimum absolute atomic E-state index is 0.0467. The molecular formula is C85H82Cl4N18O7S6. The minimum atomic E-state index is -0.319. The number of amides is 5. The Kier molecular flexibility index (Phi) is 29.8. The van der Waals surface area contributed by atoms with Crippen molar-refractivity contribution in [3.63, 3.8) is 0 Å². The van der Waals surface area contributed by atoms with Gasteiger partial charge in [-0.1, -0.05) is 208 Å². The number of hydrogen-bond donors (Lipinski definition) is 5. The van der Waals surface area contributed by atoms with Gasteiger partial charge in [-0.05, 0) is 185 Å². The average molecular weight is 1800 g/mol. The quantitative estimate of drug-likeness (QED) is 0.0269. The second-order valence-corrected chi connectivity index (χ2v) is 35.2. The van der Waals surface area contributed by atoms with Gasteiger partial charge in [-0.15, -0.1) is 32.0 Å². The predicted molar refractivity (Wildman–Crippen MR) is 483 cm³/mol. The van der Waals surface area contributed by atoms with Gasteiger partial charge in [0.25, 0.3) is 0 Å². The molecule has 0 atom stereocenters. The van der Waals surface area contributed by atoms with E-state index in [0.29, 0.717) is 90.5 Å². The Morgan fingerprint density at radius 2 is 0.817 bits per heavy atom. The standard InChI is InChI=1S/C31H29ClN6O3S2.C23H23ClN6OS2.C21H21ClN4O2S.C10H9ClN2OS/c1-20-11-12-24-26(17-20)43-29(33-24)34-27(39)19-42-30-36-35-28(38(30)25-10-6-5-9-23(25)32)22-13-15-37(16-14-22)31(40)41-18-21-7-3-2-4-8-21;1-14-6-7-17-19(12-14)33-22(26-17)27-20(31)13-32-23-29-28-21(15-8-10-25-11-9-15)30(23)18-5-3-2-4-16(18)24;22-17-8-4-5-9-18(17)26-19(23-24-20(26)29)16-10-12-25(13-11-16)21(27)28-14-15-6-2-1-3-7-15;1-6-2-3-7-8(4-6)15-10(12-7)13-9(14)5-11/h2-12,17,22H,13-16,18-19H2,1H3,(H,33,34,39);2-7,12,15,25H,8-11,13H2,1H3,(H,26,27,31);1-9,16H,10-14H2,(H,24,29);2-4H,5H2,1H3,(H,12,13,14). The van der Waals surface area contributed by atoms with Crippen molar-refractivity contribution >= 4 is 192 Å². The lowest BCUT2D eigenvalue weighted by Gasteiger charge is -2.31. The number of fused-ring (bicyclic) bond motifs is 3. The number of carbonyl (C=O) groups excluding carboxylic acids is 5. The third kappa shape index (κ3) is 22.3. The van der Waals surface area contributed by atoms with E-state index < -0.39 is 0 Å². The smallest absolute Gasteiger partial charge is 0.410 e. The fourth-order valence-electron chi connectivity index (χ4n) is 13.8. The van der Waals surface area contributed by atoms with E-state index >= 15 is 0 Å². The number of thiazole rings is 3. The van der Waals surface area contributed by atoms with Gasteiger partial charge in [0.15, 0.2) is 30.5 Å².